The second kappa shape index (κ2) is 6.27. The molecular weight excluding hydrogens is 249 g/mol. The van der Waals surface area contributed by atoms with E-state index >= 15 is 0 Å². The molecule has 0 aliphatic rings. The summed E-state index contributed by atoms with van der Waals surface area (Å²) >= 11 is 1.65. The fraction of sp³-hybridized carbons (Fsp3) is 0.429. The van der Waals surface area contributed by atoms with Gasteiger partial charge in [-0.15, -0.1) is 11.3 Å². The van der Waals surface area contributed by atoms with Gasteiger partial charge in [0.15, 0.2) is 0 Å². The van der Waals surface area contributed by atoms with Crippen LogP contribution in [0.25, 0.3) is 10.1 Å². The van der Waals surface area contributed by atoms with E-state index in [2.05, 4.69) is 12.2 Å². The first kappa shape index (κ1) is 13.5. The third-order valence-corrected chi connectivity index (χ3v) is 4.03. The van der Waals surface area contributed by atoms with Crippen molar-refractivity contribution in [1.82, 2.24) is 5.32 Å². The summed E-state index contributed by atoms with van der Waals surface area (Å²) in [4.78, 5) is 1.17. The van der Waals surface area contributed by atoms with Crippen LogP contribution in [0.15, 0.2) is 18.2 Å². The summed E-state index contributed by atoms with van der Waals surface area (Å²) in [5.74, 6) is -0.152. The third kappa shape index (κ3) is 2.71. The number of benzene rings is 1. The highest BCUT2D eigenvalue weighted by Gasteiger charge is 2.14. The molecule has 2 nitrogen and oxygen atoms in total. The Hall–Kier alpha value is -0.970. The van der Waals surface area contributed by atoms with E-state index in [1.54, 1.807) is 17.4 Å². The average molecular weight is 267 g/mol. The van der Waals surface area contributed by atoms with Gasteiger partial charge < -0.3 is 10.1 Å². The van der Waals surface area contributed by atoms with E-state index in [1.807, 2.05) is 13.0 Å². The second-order valence-corrected chi connectivity index (χ2v) is 5.17. The maximum Gasteiger partial charge on any atom is 0.132 e. The quantitative estimate of drug-likeness (QED) is 0.862. The van der Waals surface area contributed by atoms with Crippen molar-refractivity contribution in [3.63, 3.8) is 0 Å². The van der Waals surface area contributed by atoms with Crippen LogP contribution in [0, 0.1) is 5.82 Å². The minimum Gasteiger partial charge on any atom is -0.377 e. The van der Waals surface area contributed by atoms with E-state index in [-0.39, 0.29) is 5.82 Å². The standard InChI is InChI=1S/C14H18FNOS/c1-3-16-8-13-10(9-17-4-2)14-11(15)6-5-7-12(14)18-13/h5-7,16H,3-4,8-9H2,1-2H3. The first-order valence-corrected chi connectivity index (χ1v) is 7.06. The summed E-state index contributed by atoms with van der Waals surface area (Å²) in [5.41, 5.74) is 0.996. The Kier molecular flexibility index (Phi) is 4.69. The van der Waals surface area contributed by atoms with Crippen molar-refractivity contribution in [1.29, 1.82) is 0 Å². The Morgan fingerprint density at radius 3 is 2.89 bits per heavy atom. The Labute approximate surface area is 111 Å². The molecule has 0 aliphatic heterocycles. The zero-order valence-corrected chi connectivity index (χ0v) is 11.6. The van der Waals surface area contributed by atoms with Crippen LogP contribution in [-0.2, 0) is 17.9 Å². The van der Waals surface area contributed by atoms with Crippen LogP contribution in [-0.4, -0.2) is 13.2 Å². The lowest BCUT2D eigenvalue weighted by molar-refractivity contribution is 0.134. The van der Waals surface area contributed by atoms with Crippen molar-refractivity contribution in [3.05, 3.63) is 34.5 Å². The fourth-order valence-electron chi connectivity index (χ4n) is 1.95. The average Bonchev–Trinajstić information content (AvgIpc) is 2.73. The Balaban J connectivity index is 2.44. The summed E-state index contributed by atoms with van der Waals surface area (Å²) in [6, 6.07) is 5.24. The Bertz CT molecular complexity index is 524. The predicted octanol–water partition coefficient (Wildman–Crippen LogP) is 3.69. The smallest absolute Gasteiger partial charge is 0.132 e. The highest BCUT2D eigenvalue weighted by Crippen LogP contribution is 2.33. The largest absolute Gasteiger partial charge is 0.377 e. The van der Waals surface area contributed by atoms with Gasteiger partial charge in [-0.25, -0.2) is 4.39 Å². The molecule has 0 atom stereocenters. The van der Waals surface area contributed by atoms with Crippen LogP contribution in [0.5, 0.6) is 0 Å². The molecule has 0 fully saturated rings. The van der Waals surface area contributed by atoms with Crippen LogP contribution in [0.4, 0.5) is 4.39 Å². The van der Waals surface area contributed by atoms with Crippen LogP contribution < -0.4 is 5.32 Å². The second-order valence-electron chi connectivity index (χ2n) is 4.03. The highest BCUT2D eigenvalue weighted by atomic mass is 32.1. The fourth-order valence-corrected chi connectivity index (χ4v) is 3.15. The number of fused-ring (bicyclic) bond motifs is 1. The van der Waals surface area contributed by atoms with Crippen LogP contribution in [0.3, 0.4) is 0 Å². The maximum atomic E-state index is 13.9. The predicted molar refractivity (Wildman–Crippen MR) is 74.5 cm³/mol. The normalized spacial score (nSPS) is 11.3. The number of ether oxygens (including phenoxy) is 1. The number of hydrogen-bond acceptors (Lipinski definition) is 3. The van der Waals surface area contributed by atoms with Gasteiger partial charge in [0.25, 0.3) is 0 Å². The molecule has 0 bridgehead atoms. The lowest BCUT2D eigenvalue weighted by atomic mass is 10.1. The minimum absolute atomic E-state index is 0.152. The van der Waals surface area contributed by atoms with Gasteiger partial charge >= 0.3 is 0 Å². The van der Waals surface area contributed by atoms with Crippen LogP contribution in [0.2, 0.25) is 0 Å². The van der Waals surface area contributed by atoms with Gasteiger partial charge in [0.2, 0.25) is 0 Å². The zero-order chi connectivity index (χ0) is 13.0. The molecule has 1 aromatic carbocycles. The van der Waals surface area contributed by atoms with Crippen LogP contribution >= 0.6 is 11.3 Å². The van der Waals surface area contributed by atoms with E-state index in [1.165, 1.54) is 10.9 Å². The van der Waals surface area contributed by atoms with Gasteiger partial charge in [-0.3, -0.25) is 0 Å². The monoisotopic (exact) mass is 267 g/mol. The van der Waals surface area contributed by atoms with E-state index in [9.17, 15) is 4.39 Å². The summed E-state index contributed by atoms with van der Waals surface area (Å²) in [5, 5.41) is 4.02. The number of rotatable bonds is 6. The Morgan fingerprint density at radius 1 is 1.33 bits per heavy atom. The van der Waals surface area contributed by atoms with Crippen molar-refractivity contribution >= 4 is 21.4 Å². The van der Waals surface area contributed by atoms with Gasteiger partial charge in [0, 0.05) is 33.7 Å². The molecule has 2 aromatic rings. The van der Waals surface area contributed by atoms with E-state index in [4.69, 9.17) is 4.74 Å². The number of halogens is 1. The van der Waals surface area contributed by atoms with Crippen molar-refractivity contribution in [3.8, 4) is 0 Å². The SMILES string of the molecule is CCNCc1sc2cccc(F)c2c1COCC. The van der Waals surface area contributed by atoms with Crippen molar-refractivity contribution < 1.29 is 9.13 Å². The molecule has 0 spiro atoms. The molecule has 0 unspecified atom stereocenters. The molecule has 0 aliphatic carbocycles. The zero-order valence-electron chi connectivity index (χ0n) is 10.8. The summed E-state index contributed by atoms with van der Waals surface area (Å²) in [6.45, 7) is 6.83. The van der Waals surface area contributed by atoms with Crippen LogP contribution in [0.1, 0.15) is 24.3 Å². The van der Waals surface area contributed by atoms with Gasteiger partial charge in [-0.05, 0) is 25.6 Å². The molecule has 98 valence electrons. The van der Waals surface area contributed by atoms with Crippen molar-refractivity contribution in [2.24, 2.45) is 0 Å². The van der Waals surface area contributed by atoms with Crippen molar-refractivity contribution in [2.75, 3.05) is 13.2 Å². The Morgan fingerprint density at radius 2 is 2.17 bits per heavy atom. The molecule has 0 radical (unpaired) electrons. The maximum absolute atomic E-state index is 13.9. The van der Waals surface area contributed by atoms with Gasteiger partial charge in [-0.2, -0.15) is 0 Å². The minimum atomic E-state index is -0.152. The van der Waals surface area contributed by atoms with E-state index in [0.29, 0.717) is 13.2 Å². The molecule has 1 N–H and O–H groups in total. The topological polar surface area (TPSA) is 21.3 Å². The van der Waals surface area contributed by atoms with Crippen molar-refractivity contribution in [2.45, 2.75) is 27.0 Å². The molecular formula is C14H18FNOS. The summed E-state index contributed by atoms with van der Waals surface area (Å²) in [6.07, 6.45) is 0. The summed E-state index contributed by atoms with van der Waals surface area (Å²) in [7, 11) is 0. The first-order chi connectivity index (χ1) is 8.77. The number of nitrogens with one attached hydrogen (secondary N) is 1. The number of hydrogen-bond donors (Lipinski definition) is 1. The first-order valence-electron chi connectivity index (χ1n) is 6.25. The molecule has 0 saturated heterocycles. The van der Waals surface area contributed by atoms with Gasteiger partial charge in [0.05, 0.1) is 6.61 Å². The molecule has 18 heavy (non-hydrogen) atoms. The van der Waals surface area contributed by atoms with Gasteiger partial charge in [-0.1, -0.05) is 13.0 Å². The molecule has 1 heterocycles. The third-order valence-electron chi connectivity index (χ3n) is 2.83. The lowest BCUT2D eigenvalue weighted by Gasteiger charge is -2.05. The summed E-state index contributed by atoms with van der Waals surface area (Å²) < 4.78 is 20.4. The van der Waals surface area contributed by atoms with E-state index < -0.39 is 0 Å². The highest BCUT2D eigenvalue weighted by molar-refractivity contribution is 7.19. The molecule has 0 saturated carbocycles. The molecule has 2 rings (SSSR count). The number of thiophene rings is 1. The molecule has 0 amide bonds. The molecule has 4 heteroatoms. The molecule has 1 aromatic heterocycles. The lowest BCUT2D eigenvalue weighted by Crippen LogP contribution is -2.12. The van der Waals surface area contributed by atoms with Gasteiger partial charge in [0.1, 0.15) is 5.82 Å². The van der Waals surface area contributed by atoms with E-state index in [0.717, 1.165) is 28.7 Å².